The van der Waals surface area contributed by atoms with Crippen LogP contribution >= 0.6 is 63.7 Å². The number of benzene rings is 2. The van der Waals surface area contributed by atoms with Gasteiger partial charge in [0.2, 0.25) is 0 Å². The van der Waals surface area contributed by atoms with Gasteiger partial charge in [-0.3, -0.25) is 0 Å². The Morgan fingerprint density at radius 2 is 1.24 bits per heavy atom. The number of rotatable bonds is 2. The molecule has 0 saturated heterocycles. The van der Waals surface area contributed by atoms with Crippen molar-refractivity contribution in [3.8, 4) is 11.5 Å². The largest absolute Gasteiger partial charge is 0.455 e. The molecule has 0 bridgehead atoms. The van der Waals surface area contributed by atoms with Crippen LogP contribution < -0.4 is 4.74 Å². The lowest BCUT2D eigenvalue weighted by atomic mass is 10.3. The zero-order valence-corrected chi connectivity index (χ0v) is 14.7. The highest BCUT2D eigenvalue weighted by Crippen LogP contribution is 2.39. The third-order valence-electron chi connectivity index (χ3n) is 2.00. The zero-order valence-electron chi connectivity index (χ0n) is 8.38. The van der Waals surface area contributed by atoms with Crippen molar-refractivity contribution < 1.29 is 4.74 Å². The summed E-state index contributed by atoms with van der Waals surface area (Å²) >= 11 is 13.8. The van der Waals surface area contributed by atoms with Crippen LogP contribution in [0.5, 0.6) is 11.5 Å². The molecule has 2 aromatic rings. The molecule has 0 unspecified atom stereocenters. The Hall–Kier alpha value is 0.160. The molecule has 0 aliphatic carbocycles. The Balaban J connectivity index is 2.33. The van der Waals surface area contributed by atoms with Crippen LogP contribution in [0.3, 0.4) is 0 Å². The van der Waals surface area contributed by atoms with Gasteiger partial charge in [0.1, 0.15) is 5.75 Å². The molecule has 0 heterocycles. The first kappa shape index (κ1) is 13.6. The minimum absolute atomic E-state index is 0.760. The third-order valence-corrected chi connectivity index (χ3v) is 4.16. The summed E-state index contributed by atoms with van der Waals surface area (Å²) in [6, 6.07) is 11.6. The average Bonchev–Trinajstić information content (AvgIpc) is 2.26. The van der Waals surface area contributed by atoms with E-state index in [-0.39, 0.29) is 0 Å². The van der Waals surface area contributed by atoms with E-state index in [4.69, 9.17) is 4.74 Å². The van der Waals surface area contributed by atoms with Crippen LogP contribution in [-0.4, -0.2) is 0 Å². The van der Waals surface area contributed by atoms with Crippen LogP contribution in [0.25, 0.3) is 0 Å². The fourth-order valence-electron chi connectivity index (χ4n) is 1.25. The van der Waals surface area contributed by atoms with E-state index >= 15 is 0 Å². The van der Waals surface area contributed by atoms with E-state index in [1.54, 1.807) is 0 Å². The maximum absolute atomic E-state index is 5.81. The molecular weight excluding hydrogens is 480 g/mol. The van der Waals surface area contributed by atoms with Gasteiger partial charge in [0.05, 0.1) is 8.95 Å². The predicted octanol–water partition coefficient (Wildman–Crippen LogP) is 6.53. The Labute approximate surface area is 133 Å². The van der Waals surface area contributed by atoms with Crippen molar-refractivity contribution >= 4 is 63.7 Å². The maximum Gasteiger partial charge on any atom is 0.155 e. The van der Waals surface area contributed by atoms with Crippen molar-refractivity contribution in [3.05, 3.63) is 54.3 Å². The first-order chi connectivity index (χ1) is 8.06. The van der Waals surface area contributed by atoms with Gasteiger partial charge in [0.25, 0.3) is 0 Å². The lowest BCUT2D eigenvalue weighted by Gasteiger charge is -2.10. The molecule has 1 nitrogen and oxygen atoms in total. The molecule has 0 aliphatic rings. The van der Waals surface area contributed by atoms with Crippen LogP contribution in [0.2, 0.25) is 0 Å². The summed E-state index contributed by atoms with van der Waals surface area (Å²) in [5, 5.41) is 0. The van der Waals surface area contributed by atoms with Gasteiger partial charge in [0, 0.05) is 8.95 Å². The minimum Gasteiger partial charge on any atom is -0.455 e. The van der Waals surface area contributed by atoms with E-state index in [1.807, 2.05) is 36.4 Å². The summed E-state index contributed by atoms with van der Waals surface area (Å²) in [4.78, 5) is 0. The van der Waals surface area contributed by atoms with E-state index < -0.39 is 0 Å². The van der Waals surface area contributed by atoms with Crippen LogP contribution in [0.15, 0.2) is 54.3 Å². The fourth-order valence-corrected chi connectivity index (χ4v) is 3.93. The highest BCUT2D eigenvalue weighted by Gasteiger charge is 2.09. The first-order valence-electron chi connectivity index (χ1n) is 4.64. The van der Waals surface area contributed by atoms with Crippen molar-refractivity contribution in [3.63, 3.8) is 0 Å². The minimum atomic E-state index is 0.760. The van der Waals surface area contributed by atoms with Gasteiger partial charge in [-0.2, -0.15) is 0 Å². The molecule has 0 atom stereocenters. The highest BCUT2D eigenvalue weighted by atomic mass is 79.9. The van der Waals surface area contributed by atoms with Crippen LogP contribution in [0.4, 0.5) is 0 Å². The second-order valence-electron chi connectivity index (χ2n) is 3.25. The summed E-state index contributed by atoms with van der Waals surface area (Å²) < 4.78 is 9.61. The lowest BCUT2D eigenvalue weighted by Crippen LogP contribution is -1.87. The molecule has 0 aliphatic heterocycles. The molecule has 5 heteroatoms. The van der Waals surface area contributed by atoms with Gasteiger partial charge in [-0.15, -0.1) is 0 Å². The van der Waals surface area contributed by atoms with E-state index in [0.717, 1.165) is 29.4 Å². The molecule has 0 spiro atoms. The maximum atomic E-state index is 5.81. The topological polar surface area (TPSA) is 9.23 Å². The van der Waals surface area contributed by atoms with Crippen molar-refractivity contribution in [1.82, 2.24) is 0 Å². The first-order valence-corrected chi connectivity index (χ1v) is 7.81. The number of hydrogen-bond donors (Lipinski definition) is 0. The molecular formula is C12H6Br4O. The number of ether oxygens (including phenoxy) is 1. The second kappa shape index (κ2) is 5.87. The molecule has 17 heavy (non-hydrogen) atoms. The molecule has 0 aromatic heterocycles. The summed E-state index contributed by atoms with van der Waals surface area (Å²) in [5.74, 6) is 1.55. The van der Waals surface area contributed by atoms with E-state index in [9.17, 15) is 0 Å². The van der Waals surface area contributed by atoms with Crippen LogP contribution in [0, 0.1) is 0 Å². The molecule has 0 N–H and O–H groups in total. The van der Waals surface area contributed by atoms with Crippen molar-refractivity contribution in [2.75, 3.05) is 0 Å². The lowest BCUT2D eigenvalue weighted by molar-refractivity contribution is 0.476. The zero-order chi connectivity index (χ0) is 12.4. The Bertz CT molecular complexity index is 514. The van der Waals surface area contributed by atoms with Crippen LogP contribution in [0.1, 0.15) is 0 Å². The summed E-state index contributed by atoms with van der Waals surface area (Å²) in [5.41, 5.74) is 0. The normalized spacial score (nSPS) is 10.4. The van der Waals surface area contributed by atoms with Gasteiger partial charge >= 0.3 is 0 Å². The summed E-state index contributed by atoms with van der Waals surface area (Å²) in [7, 11) is 0. The smallest absolute Gasteiger partial charge is 0.155 e. The number of halogens is 4. The van der Waals surface area contributed by atoms with Gasteiger partial charge in [-0.25, -0.2) is 0 Å². The quantitative estimate of drug-likeness (QED) is 0.470. The molecule has 2 rings (SSSR count). The van der Waals surface area contributed by atoms with Gasteiger partial charge in [-0.1, -0.05) is 31.9 Å². The standard InChI is InChI=1S/C12H6Br4O/c13-7-1-3-9(4-2-7)17-12-10(15)5-8(14)6-11(12)16/h1-6H. The molecule has 0 saturated carbocycles. The third kappa shape index (κ3) is 3.56. The molecule has 88 valence electrons. The van der Waals surface area contributed by atoms with E-state index in [0.29, 0.717) is 0 Å². The van der Waals surface area contributed by atoms with Gasteiger partial charge in [0.15, 0.2) is 5.75 Å². The molecule has 0 fully saturated rings. The number of hydrogen-bond acceptors (Lipinski definition) is 1. The fraction of sp³-hybridized carbons (Fsp3) is 0. The van der Waals surface area contributed by atoms with E-state index in [1.165, 1.54) is 0 Å². The highest BCUT2D eigenvalue weighted by molar-refractivity contribution is 9.11. The van der Waals surface area contributed by atoms with Crippen molar-refractivity contribution in [1.29, 1.82) is 0 Å². The Morgan fingerprint density at radius 1 is 0.706 bits per heavy atom. The average molecular weight is 486 g/mol. The molecule has 0 amide bonds. The Kier molecular flexibility index (Phi) is 4.69. The van der Waals surface area contributed by atoms with E-state index in [2.05, 4.69) is 63.7 Å². The monoisotopic (exact) mass is 482 g/mol. The van der Waals surface area contributed by atoms with Gasteiger partial charge in [-0.05, 0) is 68.3 Å². The summed E-state index contributed by atoms with van der Waals surface area (Å²) in [6.45, 7) is 0. The second-order valence-corrected chi connectivity index (χ2v) is 6.79. The van der Waals surface area contributed by atoms with Crippen molar-refractivity contribution in [2.45, 2.75) is 0 Å². The van der Waals surface area contributed by atoms with Crippen LogP contribution in [-0.2, 0) is 0 Å². The molecule has 0 radical (unpaired) electrons. The SMILES string of the molecule is Brc1ccc(Oc2c(Br)cc(Br)cc2Br)cc1. The predicted molar refractivity (Wildman–Crippen MR) is 83.8 cm³/mol. The Morgan fingerprint density at radius 3 is 1.76 bits per heavy atom. The molecule has 2 aromatic carbocycles. The summed E-state index contributed by atoms with van der Waals surface area (Å²) in [6.07, 6.45) is 0. The van der Waals surface area contributed by atoms with Crippen molar-refractivity contribution in [2.24, 2.45) is 0 Å². The van der Waals surface area contributed by atoms with Gasteiger partial charge < -0.3 is 4.74 Å².